The van der Waals surface area contributed by atoms with E-state index in [4.69, 9.17) is 11.6 Å². The van der Waals surface area contributed by atoms with Gasteiger partial charge in [-0.05, 0) is 43.8 Å². The van der Waals surface area contributed by atoms with Crippen molar-refractivity contribution < 1.29 is 13.2 Å². The van der Waals surface area contributed by atoms with Crippen LogP contribution >= 0.6 is 11.6 Å². The van der Waals surface area contributed by atoms with Crippen molar-refractivity contribution in [2.75, 3.05) is 38.1 Å². The van der Waals surface area contributed by atoms with Gasteiger partial charge in [0.2, 0.25) is 10.0 Å². The maximum absolute atomic E-state index is 12.8. The van der Waals surface area contributed by atoms with E-state index in [0.717, 1.165) is 13.1 Å². The van der Waals surface area contributed by atoms with E-state index >= 15 is 0 Å². The second-order valence-corrected chi connectivity index (χ2v) is 8.68. The topological polar surface area (TPSA) is 69.7 Å². The van der Waals surface area contributed by atoms with Crippen LogP contribution in [0.1, 0.15) is 15.9 Å². The number of hydrogen-bond acceptors (Lipinski definition) is 4. The molecule has 1 saturated heterocycles. The molecule has 27 heavy (non-hydrogen) atoms. The third-order valence-electron chi connectivity index (χ3n) is 4.76. The van der Waals surface area contributed by atoms with Gasteiger partial charge < -0.3 is 9.80 Å². The number of nitrogens with one attached hydrogen (secondary N) is 1. The van der Waals surface area contributed by atoms with Crippen LogP contribution in [-0.2, 0) is 10.0 Å². The zero-order valence-corrected chi connectivity index (χ0v) is 16.8. The molecule has 2 aromatic rings. The fraction of sp³-hybridized carbons (Fsp3) is 0.316. The molecule has 8 heteroatoms. The van der Waals surface area contributed by atoms with Crippen LogP contribution in [-0.4, -0.2) is 52.5 Å². The quantitative estimate of drug-likeness (QED) is 0.845. The average molecular weight is 408 g/mol. The molecule has 1 heterocycles. The van der Waals surface area contributed by atoms with Crippen molar-refractivity contribution in [1.82, 2.24) is 9.62 Å². The van der Waals surface area contributed by atoms with Crippen molar-refractivity contribution in [1.29, 1.82) is 0 Å². The second kappa shape index (κ2) is 7.88. The predicted octanol–water partition coefficient (Wildman–Crippen LogP) is 2.52. The van der Waals surface area contributed by atoms with E-state index in [2.05, 4.69) is 28.7 Å². The van der Waals surface area contributed by atoms with Crippen molar-refractivity contribution in [3.8, 4) is 0 Å². The maximum Gasteiger partial charge on any atom is 0.254 e. The molecule has 0 radical (unpaired) electrons. The van der Waals surface area contributed by atoms with Crippen LogP contribution in [0, 0.1) is 6.92 Å². The number of piperazine rings is 1. The molecular formula is C19H22ClN3O3S. The van der Waals surface area contributed by atoms with Crippen molar-refractivity contribution in [2.45, 2.75) is 11.8 Å². The Morgan fingerprint density at radius 1 is 1.07 bits per heavy atom. The minimum atomic E-state index is -3.73. The maximum atomic E-state index is 12.8. The van der Waals surface area contributed by atoms with E-state index in [1.54, 1.807) is 11.0 Å². The van der Waals surface area contributed by atoms with Gasteiger partial charge in [-0.25, -0.2) is 13.1 Å². The first-order chi connectivity index (χ1) is 12.8. The highest BCUT2D eigenvalue weighted by atomic mass is 35.5. The molecule has 0 aliphatic carbocycles. The predicted molar refractivity (Wildman–Crippen MR) is 107 cm³/mol. The molecule has 1 N–H and O–H groups in total. The standard InChI is InChI=1S/C19H22ClN3O3S/c1-14-5-3-4-6-17(14)22-9-11-23(12-10-22)19(24)15-7-8-16(20)18(13-15)27(25,26)21-2/h3-8,13,21H,9-12H2,1-2H3. The average Bonchev–Trinajstić information content (AvgIpc) is 2.68. The summed E-state index contributed by atoms with van der Waals surface area (Å²) in [6.45, 7) is 4.68. The molecule has 2 aromatic carbocycles. The summed E-state index contributed by atoms with van der Waals surface area (Å²) in [6, 6.07) is 12.5. The number of carbonyl (C=O) groups is 1. The van der Waals surface area contributed by atoms with Crippen LogP contribution in [0.3, 0.4) is 0 Å². The Labute approximate surface area is 164 Å². The summed E-state index contributed by atoms with van der Waals surface area (Å²) in [6.07, 6.45) is 0. The monoisotopic (exact) mass is 407 g/mol. The van der Waals surface area contributed by atoms with E-state index in [0.29, 0.717) is 18.7 Å². The molecule has 0 saturated carbocycles. The van der Waals surface area contributed by atoms with Crippen LogP contribution in [0.4, 0.5) is 5.69 Å². The lowest BCUT2D eigenvalue weighted by Gasteiger charge is -2.36. The number of carbonyl (C=O) groups excluding carboxylic acids is 1. The Hall–Kier alpha value is -2.09. The van der Waals surface area contributed by atoms with E-state index < -0.39 is 10.0 Å². The Balaban J connectivity index is 1.75. The number of anilines is 1. The number of halogens is 1. The Kier molecular flexibility index (Phi) is 5.74. The third kappa shape index (κ3) is 4.10. The molecule has 0 unspecified atom stereocenters. The smallest absolute Gasteiger partial charge is 0.254 e. The number of aryl methyl sites for hydroxylation is 1. The lowest BCUT2D eigenvalue weighted by Crippen LogP contribution is -2.49. The second-order valence-electron chi connectivity index (χ2n) is 6.42. The Morgan fingerprint density at radius 2 is 1.74 bits per heavy atom. The van der Waals surface area contributed by atoms with Gasteiger partial charge in [0.05, 0.1) is 5.02 Å². The highest BCUT2D eigenvalue weighted by Gasteiger charge is 2.25. The molecule has 1 fully saturated rings. The number of benzene rings is 2. The number of rotatable bonds is 4. The zero-order chi connectivity index (χ0) is 19.6. The van der Waals surface area contributed by atoms with Crippen molar-refractivity contribution in [3.05, 3.63) is 58.6 Å². The van der Waals surface area contributed by atoms with E-state index in [1.807, 2.05) is 12.1 Å². The highest BCUT2D eigenvalue weighted by Crippen LogP contribution is 2.24. The molecule has 0 atom stereocenters. The molecular weight excluding hydrogens is 386 g/mol. The SMILES string of the molecule is CNS(=O)(=O)c1cc(C(=O)N2CCN(c3ccccc3C)CC2)ccc1Cl. The van der Waals surface area contributed by atoms with E-state index in [1.165, 1.54) is 30.4 Å². The van der Waals surface area contributed by atoms with Gasteiger partial charge in [0, 0.05) is 37.4 Å². The van der Waals surface area contributed by atoms with Gasteiger partial charge in [-0.3, -0.25) is 4.79 Å². The summed E-state index contributed by atoms with van der Waals surface area (Å²) in [7, 11) is -2.42. The van der Waals surface area contributed by atoms with Gasteiger partial charge in [0.25, 0.3) is 5.91 Å². The molecule has 0 spiro atoms. The van der Waals surface area contributed by atoms with E-state index in [-0.39, 0.29) is 15.8 Å². The van der Waals surface area contributed by atoms with Crippen LogP contribution in [0.15, 0.2) is 47.4 Å². The minimum absolute atomic E-state index is 0.0870. The summed E-state index contributed by atoms with van der Waals surface area (Å²) < 4.78 is 26.4. The molecule has 1 aliphatic heterocycles. The molecule has 6 nitrogen and oxygen atoms in total. The Bertz CT molecular complexity index is 954. The first kappa shape index (κ1) is 19.7. The van der Waals surface area contributed by atoms with Crippen molar-refractivity contribution >= 4 is 33.2 Å². The van der Waals surface area contributed by atoms with Gasteiger partial charge in [-0.2, -0.15) is 0 Å². The fourth-order valence-electron chi connectivity index (χ4n) is 3.20. The molecule has 0 aromatic heterocycles. The summed E-state index contributed by atoms with van der Waals surface area (Å²) in [5.74, 6) is -0.191. The van der Waals surface area contributed by atoms with Crippen LogP contribution < -0.4 is 9.62 Å². The molecule has 3 rings (SSSR count). The number of hydrogen-bond donors (Lipinski definition) is 1. The van der Waals surface area contributed by atoms with Crippen LogP contribution in [0.25, 0.3) is 0 Å². The first-order valence-electron chi connectivity index (χ1n) is 8.66. The molecule has 1 amide bonds. The lowest BCUT2D eigenvalue weighted by molar-refractivity contribution is 0.0746. The largest absolute Gasteiger partial charge is 0.368 e. The summed E-state index contributed by atoms with van der Waals surface area (Å²) in [5.41, 5.74) is 2.70. The van der Waals surface area contributed by atoms with Gasteiger partial charge >= 0.3 is 0 Å². The fourth-order valence-corrected chi connectivity index (χ4v) is 4.45. The number of para-hydroxylation sites is 1. The van der Waals surface area contributed by atoms with Crippen molar-refractivity contribution in [3.63, 3.8) is 0 Å². The van der Waals surface area contributed by atoms with Crippen molar-refractivity contribution in [2.24, 2.45) is 0 Å². The number of sulfonamides is 1. The first-order valence-corrected chi connectivity index (χ1v) is 10.5. The molecule has 0 bridgehead atoms. The minimum Gasteiger partial charge on any atom is -0.368 e. The zero-order valence-electron chi connectivity index (χ0n) is 15.3. The normalized spacial score (nSPS) is 15.1. The lowest BCUT2D eigenvalue weighted by atomic mass is 10.1. The third-order valence-corrected chi connectivity index (χ3v) is 6.66. The van der Waals surface area contributed by atoms with Gasteiger partial charge in [-0.15, -0.1) is 0 Å². The Morgan fingerprint density at radius 3 is 2.37 bits per heavy atom. The van der Waals surface area contributed by atoms with Gasteiger partial charge in [-0.1, -0.05) is 29.8 Å². The summed E-state index contributed by atoms with van der Waals surface area (Å²) in [4.78, 5) is 16.8. The van der Waals surface area contributed by atoms with Gasteiger partial charge in [0.15, 0.2) is 0 Å². The summed E-state index contributed by atoms with van der Waals surface area (Å²) in [5, 5.41) is 0.0882. The van der Waals surface area contributed by atoms with Gasteiger partial charge in [0.1, 0.15) is 4.90 Å². The number of nitrogens with zero attached hydrogens (tertiary/aromatic N) is 2. The summed E-state index contributed by atoms with van der Waals surface area (Å²) >= 11 is 6.00. The van der Waals surface area contributed by atoms with Crippen LogP contribution in [0.2, 0.25) is 5.02 Å². The molecule has 144 valence electrons. The highest BCUT2D eigenvalue weighted by molar-refractivity contribution is 7.89. The van der Waals surface area contributed by atoms with Crippen LogP contribution in [0.5, 0.6) is 0 Å². The van der Waals surface area contributed by atoms with E-state index in [9.17, 15) is 13.2 Å². The number of amides is 1. The molecule has 1 aliphatic rings.